The van der Waals surface area contributed by atoms with E-state index in [2.05, 4.69) is 33.0 Å². The maximum absolute atomic E-state index is 9.46. The first-order chi connectivity index (χ1) is 7.77. The first-order valence-electron chi connectivity index (χ1n) is 7.21. The molecule has 2 nitrogen and oxygen atoms in total. The van der Waals surface area contributed by atoms with Crippen molar-refractivity contribution < 1.29 is 5.11 Å². The van der Waals surface area contributed by atoms with Gasteiger partial charge in [0.05, 0.1) is 6.10 Å². The molecule has 17 heavy (non-hydrogen) atoms. The molecule has 0 aromatic rings. The molecule has 2 saturated carbocycles. The van der Waals surface area contributed by atoms with Crippen molar-refractivity contribution in [2.45, 2.75) is 78.5 Å². The van der Waals surface area contributed by atoms with Gasteiger partial charge < -0.3 is 10.4 Å². The molecule has 2 fully saturated rings. The van der Waals surface area contributed by atoms with E-state index in [4.69, 9.17) is 0 Å². The van der Waals surface area contributed by atoms with Gasteiger partial charge in [-0.25, -0.2) is 0 Å². The Labute approximate surface area is 106 Å². The number of hydrogen-bond acceptors (Lipinski definition) is 2. The summed E-state index contributed by atoms with van der Waals surface area (Å²) in [5.74, 6) is 0.892. The molecule has 0 aliphatic heterocycles. The number of aliphatic hydroxyl groups excluding tert-OH is 1. The van der Waals surface area contributed by atoms with Crippen molar-refractivity contribution in [2.24, 2.45) is 16.7 Å². The van der Waals surface area contributed by atoms with Gasteiger partial charge in [0.2, 0.25) is 0 Å². The lowest BCUT2D eigenvalue weighted by molar-refractivity contribution is 0.107. The summed E-state index contributed by atoms with van der Waals surface area (Å²) < 4.78 is 0. The Balaban J connectivity index is 2.01. The molecular formula is C15H29NO. The van der Waals surface area contributed by atoms with E-state index in [1.807, 2.05) is 6.92 Å². The van der Waals surface area contributed by atoms with Gasteiger partial charge >= 0.3 is 0 Å². The molecule has 2 rings (SSSR count). The van der Waals surface area contributed by atoms with Gasteiger partial charge in [0.1, 0.15) is 0 Å². The van der Waals surface area contributed by atoms with Crippen LogP contribution in [0.25, 0.3) is 0 Å². The third-order valence-corrected chi connectivity index (χ3v) is 5.97. The van der Waals surface area contributed by atoms with Crippen LogP contribution in [-0.2, 0) is 0 Å². The molecule has 0 heterocycles. The number of nitrogens with one attached hydrogen (secondary N) is 1. The highest BCUT2D eigenvalue weighted by molar-refractivity contribution is 5.13. The Morgan fingerprint density at radius 1 is 1.29 bits per heavy atom. The minimum absolute atomic E-state index is 0.197. The summed E-state index contributed by atoms with van der Waals surface area (Å²) in [6.45, 7) is 11.4. The first kappa shape index (κ1) is 13.4. The molecule has 0 amide bonds. The monoisotopic (exact) mass is 239 g/mol. The van der Waals surface area contributed by atoms with Crippen molar-refractivity contribution in [3.63, 3.8) is 0 Å². The number of hydrogen-bond donors (Lipinski definition) is 2. The zero-order chi connectivity index (χ0) is 12.8. The Morgan fingerprint density at radius 2 is 1.94 bits per heavy atom. The van der Waals surface area contributed by atoms with Crippen molar-refractivity contribution in [1.29, 1.82) is 0 Å². The zero-order valence-corrected chi connectivity index (χ0v) is 12.1. The average molecular weight is 239 g/mol. The summed E-state index contributed by atoms with van der Waals surface area (Å²) in [5.41, 5.74) is 0.930. The second-order valence-corrected chi connectivity index (χ2v) is 7.32. The minimum Gasteiger partial charge on any atom is -0.393 e. The van der Waals surface area contributed by atoms with E-state index in [1.165, 1.54) is 19.3 Å². The zero-order valence-electron chi connectivity index (χ0n) is 12.1. The summed E-state index contributed by atoms with van der Waals surface area (Å²) in [6.07, 6.45) is 4.76. The van der Waals surface area contributed by atoms with Crippen LogP contribution in [0.5, 0.6) is 0 Å². The Morgan fingerprint density at radius 3 is 2.35 bits per heavy atom. The van der Waals surface area contributed by atoms with Crippen LogP contribution >= 0.6 is 0 Å². The van der Waals surface area contributed by atoms with Gasteiger partial charge in [-0.15, -0.1) is 0 Å². The molecule has 2 aliphatic rings. The van der Waals surface area contributed by atoms with E-state index in [0.29, 0.717) is 22.9 Å². The highest BCUT2D eigenvalue weighted by Crippen LogP contribution is 2.65. The quantitative estimate of drug-likeness (QED) is 0.790. The van der Waals surface area contributed by atoms with Crippen molar-refractivity contribution in [3.05, 3.63) is 0 Å². The van der Waals surface area contributed by atoms with Crippen LogP contribution in [0, 0.1) is 16.7 Å². The van der Waals surface area contributed by atoms with Gasteiger partial charge in [0.15, 0.2) is 0 Å². The van der Waals surface area contributed by atoms with Crippen LogP contribution in [0.4, 0.5) is 0 Å². The van der Waals surface area contributed by atoms with Crippen LogP contribution in [0.2, 0.25) is 0 Å². The maximum Gasteiger partial charge on any atom is 0.0526 e. The lowest BCUT2D eigenvalue weighted by Crippen LogP contribution is -2.48. The molecule has 2 bridgehead atoms. The van der Waals surface area contributed by atoms with Gasteiger partial charge in [-0.05, 0) is 56.3 Å². The predicted molar refractivity (Wildman–Crippen MR) is 71.9 cm³/mol. The fraction of sp³-hybridized carbons (Fsp3) is 1.00. The SMILES string of the molecule is CC(O)CC(C)NC1CC2CCC1(C)C2(C)C. The predicted octanol–water partition coefficient (Wildman–Crippen LogP) is 2.95. The Bertz CT molecular complexity index is 287. The standard InChI is InChI=1S/C15H29NO/c1-10(8-11(2)17)16-13-9-12-6-7-15(13,5)14(12,3)4/h10-13,16-17H,6-9H2,1-5H3. The van der Waals surface area contributed by atoms with E-state index >= 15 is 0 Å². The average Bonchev–Trinajstić information content (AvgIpc) is 2.49. The molecule has 0 aromatic heterocycles. The van der Waals surface area contributed by atoms with Crippen molar-refractivity contribution >= 4 is 0 Å². The summed E-state index contributed by atoms with van der Waals surface area (Å²) >= 11 is 0. The molecule has 2 heteroatoms. The summed E-state index contributed by atoms with van der Waals surface area (Å²) in [4.78, 5) is 0. The lowest BCUT2D eigenvalue weighted by Gasteiger charge is -2.41. The van der Waals surface area contributed by atoms with E-state index in [9.17, 15) is 5.11 Å². The van der Waals surface area contributed by atoms with Crippen LogP contribution in [0.1, 0.15) is 60.3 Å². The number of aliphatic hydroxyl groups is 1. The van der Waals surface area contributed by atoms with Crippen LogP contribution in [0.3, 0.4) is 0 Å². The molecule has 5 unspecified atom stereocenters. The normalized spacial score (nSPS) is 42.7. The fourth-order valence-electron chi connectivity index (χ4n) is 4.38. The van der Waals surface area contributed by atoms with E-state index < -0.39 is 0 Å². The van der Waals surface area contributed by atoms with Gasteiger partial charge in [-0.3, -0.25) is 0 Å². The molecule has 0 aromatic carbocycles. The van der Waals surface area contributed by atoms with Gasteiger partial charge in [-0.1, -0.05) is 20.8 Å². The third-order valence-electron chi connectivity index (χ3n) is 5.97. The first-order valence-corrected chi connectivity index (χ1v) is 7.21. The Hall–Kier alpha value is -0.0800. The van der Waals surface area contributed by atoms with Crippen LogP contribution < -0.4 is 5.32 Å². The van der Waals surface area contributed by atoms with Crippen molar-refractivity contribution in [1.82, 2.24) is 5.32 Å². The summed E-state index contributed by atoms with van der Waals surface area (Å²) in [5, 5.41) is 13.2. The van der Waals surface area contributed by atoms with Crippen LogP contribution in [0.15, 0.2) is 0 Å². The smallest absolute Gasteiger partial charge is 0.0526 e. The lowest BCUT2D eigenvalue weighted by atomic mass is 9.69. The molecule has 0 saturated heterocycles. The Kier molecular flexibility index (Phi) is 3.33. The molecule has 2 N–H and O–H groups in total. The van der Waals surface area contributed by atoms with Gasteiger partial charge in [-0.2, -0.15) is 0 Å². The highest BCUT2D eigenvalue weighted by atomic mass is 16.3. The van der Waals surface area contributed by atoms with E-state index in [1.54, 1.807) is 0 Å². The number of fused-ring (bicyclic) bond motifs is 2. The maximum atomic E-state index is 9.46. The number of rotatable bonds is 4. The van der Waals surface area contributed by atoms with Crippen molar-refractivity contribution in [2.75, 3.05) is 0 Å². The van der Waals surface area contributed by atoms with Crippen LogP contribution in [-0.4, -0.2) is 23.3 Å². The molecule has 2 aliphatic carbocycles. The second-order valence-electron chi connectivity index (χ2n) is 7.32. The highest BCUT2D eigenvalue weighted by Gasteiger charge is 2.61. The molecular weight excluding hydrogens is 210 g/mol. The molecule has 5 atom stereocenters. The fourth-order valence-corrected chi connectivity index (χ4v) is 4.38. The topological polar surface area (TPSA) is 32.3 Å². The van der Waals surface area contributed by atoms with E-state index in [-0.39, 0.29) is 6.10 Å². The largest absolute Gasteiger partial charge is 0.393 e. The summed E-state index contributed by atoms with van der Waals surface area (Å²) in [7, 11) is 0. The summed E-state index contributed by atoms with van der Waals surface area (Å²) in [6, 6.07) is 1.07. The third kappa shape index (κ3) is 2.04. The second kappa shape index (κ2) is 4.24. The van der Waals surface area contributed by atoms with Gasteiger partial charge in [0, 0.05) is 12.1 Å². The minimum atomic E-state index is -0.197. The molecule has 100 valence electrons. The molecule has 0 spiro atoms. The van der Waals surface area contributed by atoms with E-state index in [0.717, 1.165) is 12.3 Å². The van der Waals surface area contributed by atoms with Crippen molar-refractivity contribution in [3.8, 4) is 0 Å². The van der Waals surface area contributed by atoms with Gasteiger partial charge in [0.25, 0.3) is 0 Å². The molecule has 0 radical (unpaired) electrons.